The first-order chi connectivity index (χ1) is 18.2. The number of sulfonamides is 1. The van der Waals surface area contributed by atoms with Gasteiger partial charge in [-0.3, -0.25) is 9.10 Å². The Morgan fingerprint density at radius 2 is 1.67 bits per heavy atom. The van der Waals surface area contributed by atoms with E-state index in [1.54, 1.807) is 20.1 Å². The molecule has 0 spiro atoms. The fourth-order valence-electron chi connectivity index (χ4n) is 4.23. The van der Waals surface area contributed by atoms with Crippen molar-refractivity contribution in [1.29, 1.82) is 0 Å². The number of halogens is 4. The van der Waals surface area contributed by atoms with Crippen LogP contribution in [0.25, 0.3) is 0 Å². The van der Waals surface area contributed by atoms with Crippen molar-refractivity contribution in [2.45, 2.75) is 50.7 Å². The highest BCUT2D eigenvalue weighted by Gasteiger charge is 2.35. The molecule has 3 aromatic carbocycles. The minimum absolute atomic E-state index is 0.140. The summed E-state index contributed by atoms with van der Waals surface area (Å²) in [4.78, 5) is 13.0. The standard InChI is InChI=1S/C28H30ClF3N2O4S/c1-17(2)22-15-23(18(3)13-26(22)38-5)19(4)33-27(35)16-34(39(36,37)21-9-7-6-8-10-21)20-11-12-25(29)24(14-20)28(30,31)32/h6-15,17,19H,16H2,1-5H3,(H,33,35). The van der Waals surface area contributed by atoms with Crippen LogP contribution in [0.15, 0.2) is 65.6 Å². The van der Waals surface area contributed by atoms with E-state index in [4.69, 9.17) is 16.3 Å². The number of hydrogen-bond acceptors (Lipinski definition) is 4. The molecule has 0 aliphatic carbocycles. The number of anilines is 1. The SMILES string of the molecule is COc1cc(C)c(C(C)NC(=O)CN(c2ccc(Cl)c(C(F)(F)F)c2)S(=O)(=O)c2ccccc2)cc1C(C)C. The van der Waals surface area contributed by atoms with Crippen LogP contribution in [0.5, 0.6) is 5.75 Å². The predicted octanol–water partition coefficient (Wildman–Crippen LogP) is 6.87. The van der Waals surface area contributed by atoms with Gasteiger partial charge in [0.1, 0.15) is 12.3 Å². The maximum absolute atomic E-state index is 13.6. The summed E-state index contributed by atoms with van der Waals surface area (Å²) in [6, 6.07) is 13.2. The van der Waals surface area contributed by atoms with Crippen LogP contribution in [0, 0.1) is 6.92 Å². The zero-order chi connectivity index (χ0) is 29.1. The first-order valence-electron chi connectivity index (χ1n) is 12.1. The molecule has 0 aliphatic heterocycles. The first kappa shape index (κ1) is 30.3. The highest BCUT2D eigenvalue weighted by Crippen LogP contribution is 2.38. The quantitative estimate of drug-likeness (QED) is 0.299. The molecular formula is C28H30ClF3N2O4S. The van der Waals surface area contributed by atoms with E-state index in [9.17, 15) is 26.4 Å². The van der Waals surface area contributed by atoms with Gasteiger partial charge in [-0.2, -0.15) is 13.2 Å². The Kier molecular flexibility index (Phi) is 9.23. The van der Waals surface area contributed by atoms with Gasteiger partial charge >= 0.3 is 6.18 Å². The normalized spacial score (nSPS) is 12.8. The fourth-order valence-corrected chi connectivity index (χ4v) is 5.88. The van der Waals surface area contributed by atoms with Gasteiger partial charge < -0.3 is 10.1 Å². The van der Waals surface area contributed by atoms with Gasteiger partial charge in [0.25, 0.3) is 10.0 Å². The second-order valence-electron chi connectivity index (χ2n) is 9.38. The lowest BCUT2D eigenvalue weighted by Gasteiger charge is -2.26. The minimum Gasteiger partial charge on any atom is -0.496 e. The van der Waals surface area contributed by atoms with Crippen molar-refractivity contribution >= 4 is 33.2 Å². The predicted molar refractivity (Wildman–Crippen MR) is 146 cm³/mol. The van der Waals surface area contributed by atoms with Crippen molar-refractivity contribution in [2.75, 3.05) is 18.0 Å². The topological polar surface area (TPSA) is 75.7 Å². The van der Waals surface area contributed by atoms with Gasteiger partial charge in [0.15, 0.2) is 0 Å². The summed E-state index contributed by atoms with van der Waals surface area (Å²) in [6.45, 7) is 6.87. The summed E-state index contributed by atoms with van der Waals surface area (Å²) in [7, 11) is -2.84. The number of carbonyl (C=O) groups excluding carboxylic acids is 1. The van der Waals surface area contributed by atoms with Gasteiger partial charge in [-0.05, 0) is 78.9 Å². The Morgan fingerprint density at radius 1 is 1.03 bits per heavy atom. The molecule has 6 nitrogen and oxygen atoms in total. The van der Waals surface area contributed by atoms with Gasteiger partial charge in [-0.25, -0.2) is 8.42 Å². The molecule has 1 amide bonds. The molecule has 0 fully saturated rings. The second kappa shape index (κ2) is 11.9. The number of nitrogens with one attached hydrogen (secondary N) is 1. The number of alkyl halides is 3. The first-order valence-corrected chi connectivity index (χ1v) is 13.9. The highest BCUT2D eigenvalue weighted by molar-refractivity contribution is 7.92. The van der Waals surface area contributed by atoms with E-state index in [0.29, 0.717) is 16.1 Å². The fraction of sp³-hybridized carbons (Fsp3) is 0.321. The summed E-state index contributed by atoms with van der Waals surface area (Å²) in [5, 5.41) is 2.20. The third kappa shape index (κ3) is 6.86. The number of hydrogen-bond donors (Lipinski definition) is 1. The zero-order valence-corrected chi connectivity index (χ0v) is 23.7. The van der Waals surface area contributed by atoms with E-state index >= 15 is 0 Å². The maximum atomic E-state index is 13.6. The second-order valence-corrected chi connectivity index (χ2v) is 11.7. The van der Waals surface area contributed by atoms with Gasteiger partial charge in [-0.15, -0.1) is 0 Å². The van der Waals surface area contributed by atoms with Crippen LogP contribution in [0.3, 0.4) is 0 Å². The molecule has 11 heteroatoms. The average molecular weight is 583 g/mol. The van der Waals surface area contributed by atoms with Crippen LogP contribution in [0.2, 0.25) is 5.02 Å². The summed E-state index contributed by atoms with van der Waals surface area (Å²) < 4.78 is 73.9. The molecule has 39 heavy (non-hydrogen) atoms. The lowest BCUT2D eigenvalue weighted by Crippen LogP contribution is -2.41. The summed E-state index contributed by atoms with van der Waals surface area (Å²) in [5.74, 6) is 0.154. The van der Waals surface area contributed by atoms with Crippen LogP contribution < -0.4 is 14.4 Å². The Bertz CT molecular complexity index is 1450. The average Bonchev–Trinajstić information content (AvgIpc) is 2.87. The molecule has 0 saturated carbocycles. The molecule has 1 unspecified atom stereocenters. The number of methoxy groups -OCH3 is 1. The van der Waals surface area contributed by atoms with Crippen molar-refractivity contribution in [3.05, 3.63) is 87.9 Å². The van der Waals surface area contributed by atoms with Crippen molar-refractivity contribution in [3.63, 3.8) is 0 Å². The van der Waals surface area contributed by atoms with Crippen LogP contribution in [-0.2, 0) is 21.0 Å². The van der Waals surface area contributed by atoms with Crippen molar-refractivity contribution < 1.29 is 31.1 Å². The molecule has 0 aromatic heterocycles. The van der Waals surface area contributed by atoms with Crippen LogP contribution in [0.4, 0.5) is 18.9 Å². The monoisotopic (exact) mass is 582 g/mol. The van der Waals surface area contributed by atoms with Gasteiger partial charge in [0.2, 0.25) is 5.91 Å². The van der Waals surface area contributed by atoms with Crippen molar-refractivity contribution in [2.24, 2.45) is 0 Å². The van der Waals surface area contributed by atoms with E-state index in [-0.39, 0.29) is 16.5 Å². The number of carbonyl (C=O) groups is 1. The van der Waals surface area contributed by atoms with Crippen molar-refractivity contribution in [1.82, 2.24) is 5.32 Å². The number of amides is 1. The summed E-state index contributed by atoms with van der Waals surface area (Å²) >= 11 is 5.75. The molecule has 210 valence electrons. The summed E-state index contributed by atoms with van der Waals surface area (Å²) in [5.41, 5.74) is 1.04. The van der Waals surface area contributed by atoms with Gasteiger partial charge in [0.05, 0.1) is 34.3 Å². The number of nitrogens with zero attached hydrogens (tertiary/aromatic N) is 1. The third-order valence-corrected chi connectivity index (χ3v) is 8.36. The minimum atomic E-state index is -4.83. The Labute approximate surface area is 231 Å². The summed E-state index contributed by atoms with van der Waals surface area (Å²) in [6.07, 6.45) is -4.83. The molecular weight excluding hydrogens is 553 g/mol. The third-order valence-electron chi connectivity index (χ3n) is 6.25. The Hall–Kier alpha value is -3.24. The zero-order valence-electron chi connectivity index (χ0n) is 22.1. The van der Waals surface area contributed by atoms with Crippen LogP contribution in [-0.4, -0.2) is 28.0 Å². The molecule has 0 heterocycles. The highest BCUT2D eigenvalue weighted by atomic mass is 35.5. The van der Waals surface area contributed by atoms with Crippen LogP contribution in [0.1, 0.15) is 55.0 Å². The van der Waals surface area contributed by atoms with Gasteiger partial charge in [-0.1, -0.05) is 43.6 Å². The van der Waals surface area contributed by atoms with Crippen LogP contribution >= 0.6 is 11.6 Å². The van der Waals surface area contributed by atoms with E-state index in [1.807, 2.05) is 32.9 Å². The molecule has 1 N–H and O–H groups in total. The lowest BCUT2D eigenvalue weighted by atomic mass is 9.93. The number of ether oxygens (including phenoxy) is 1. The van der Waals surface area contributed by atoms with E-state index < -0.39 is 45.3 Å². The maximum Gasteiger partial charge on any atom is 0.417 e. The van der Waals surface area contributed by atoms with E-state index in [0.717, 1.165) is 28.8 Å². The Morgan fingerprint density at radius 3 is 2.23 bits per heavy atom. The molecule has 0 bridgehead atoms. The van der Waals surface area contributed by atoms with Crippen molar-refractivity contribution in [3.8, 4) is 5.75 Å². The van der Waals surface area contributed by atoms with E-state index in [2.05, 4.69) is 5.32 Å². The Balaban J connectivity index is 2.00. The molecule has 0 radical (unpaired) electrons. The number of benzene rings is 3. The van der Waals surface area contributed by atoms with E-state index in [1.165, 1.54) is 24.3 Å². The molecule has 1 atom stereocenters. The number of aryl methyl sites for hydroxylation is 1. The smallest absolute Gasteiger partial charge is 0.417 e. The molecule has 3 aromatic rings. The molecule has 0 saturated heterocycles. The van der Waals surface area contributed by atoms with Gasteiger partial charge in [0, 0.05) is 0 Å². The lowest BCUT2D eigenvalue weighted by molar-refractivity contribution is -0.137. The molecule has 0 aliphatic rings. The number of rotatable bonds is 9. The molecule has 3 rings (SSSR count). The largest absolute Gasteiger partial charge is 0.496 e.